The molecule has 142 valence electrons. The molecule has 1 heterocycles. The second-order valence-electron chi connectivity index (χ2n) is 6.60. The van der Waals surface area contributed by atoms with Crippen LogP contribution in [0.15, 0.2) is 35.3 Å². The molecule has 0 aliphatic heterocycles. The molecular formula is C19H23FN6S. The summed E-state index contributed by atoms with van der Waals surface area (Å²) in [5, 5.41) is 9.60. The van der Waals surface area contributed by atoms with E-state index in [-0.39, 0.29) is 11.9 Å². The predicted octanol–water partition coefficient (Wildman–Crippen LogP) is 3.93. The minimum Gasteiger partial charge on any atom is -0.332 e. The van der Waals surface area contributed by atoms with Crippen molar-refractivity contribution in [2.75, 3.05) is 10.6 Å². The number of benzene rings is 1. The van der Waals surface area contributed by atoms with E-state index in [0.29, 0.717) is 22.7 Å². The molecule has 1 aliphatic rings. The molecular weight excluding hydrogens is 363 g/mol. The highest BCUT2D eigenvalue weighted by Gasteiger charge is 2.16. The van der Waals surface area contributed by atoms with E-state index in [1.54, 1.807) is 12.1 Å². The molecule has 3 rings (SSSR count). The number of nitrogens with one attached hydrogen (secondary N) is 3. The van der Waals surface area contributed by atoms with E-state index in [4.69, 9.17) is 17.2 Å². The van der Waals surface area contributed by atoms with Gasteiger partial charge in [0, 0.05) is 17.1 Å². The summed E-state index contributed by atoms with van der Waals surface area (Å²) in [6.07, 6.45) is 4.47. The lowest BCUT2D eigenvalue weighted by Crippen LogP contribution is -2.39. The fourth-order valence-electron chi connectivity index (χ4n) is 3.00. The van der Waals surface area contributed by atoms with Gasteiger partial charge in [0.1, 0.15) is 5.82 Å². The zero-order chi connectivity index (χ0) is 19.2. The van der Waals surface area contributed by atoms with E-state index in [2.05, 4.69) is 25.9 Å². The molecule has 1 aromatic heterocycles. The Morgan fingerprint density at radius 1 is 1.07 bits per heavy atom. The Hall–Kier alpha value is -2.61. The van der Waals surface area contributed by atoms with E-state index < -0.39 is 0 Å². The van der Waals surface area contributed by atoms with Crippen LogP contribution in [0.2, 0.25) is 0 Å². The first-order chi connectivity index (χ1) is 13.0. The van der Waals surface area contributed by atoms with Gasteiger partial charge in [-0.3, -0.25) is 5.32 Å². The third-order valence-corrected chi connectivity index (χ3v) is 4.39. The van der Waals surface area contributed by atoms with E-state index >= 15 is 0 Å². The second-order valence-corrected chi connectivity index (χ2v) is 7.01. The van der Waals surface area contributed by atoms with Gasteiger partial charge in [-0.15, -0.1) is 0 Å². The summed E-state index contributed by atoms with van der Waals surface area (Å²) in [5.41, 5.74) is 2.44. The molecule has 0 unspecified atom stereocenters. The van der Waals surface area contributed by atoms with Crippen LogP contribution in [-0.2, 0) is 0 Å². The number of nitrogens with zero attached hydrogens (tertiary/aromatic N) is 3. The predicted molar refractivity (Wildman–Crippen MR) is 111 cm³/mol. The SMILES string of the molecule is Cc1cc(C)nc(NC(=NC2CCCC2)NC(=S)Nc2ccc(F)cc2)n1. The second kappa shape index (κ2) is 8.85. The van der Waals surface area contributed by atoms with Gasteiger partial charge in [0.25, 0.3) is 0 Å². The Kier molecular flexibility index (Phi) is 6.28. The van der Waals surface area contributed by atoms with Crippen LogP contribution in [0, 0.1) is 19.7 Å². The number of halogens is 1. The average Bonchev–Trinajstić information content (AvgIpc) is 3.09. The smallest absolute Gasteiger partial charge is 0.229 e. The normalized spacial score (nSPS) is 14.9. The highest BCUT2D eigenvalue weighted by molar-refractivity contribution is 7.80. The maximum Gasteiger partial charge on any atom is 0.229 e. The van der Waals surface area contributed by atoms with Gasteiger partial charge in [-0.2, -0.15) is 0 Å². The number of rotatable bonds is 3. The van der Waals surface area contributed by atoms with Gasteiger partial charge in [-0.1, -0.05) is 12.8 Å². The highest BCUT2D eigenvalue weighted by Crippen LogP contribution is 2.21. The molecule has 1 saturated carbocycles. The van der Waals surface area contributed by atoms with Gasteiger partial charge in [0.2, 0.25) is 11.9 Å². The van der Waals surface area contributed by atoms with Crippen LogP contribution >= 0.6 is 12.2 Å². The van der Waals surface area contributed by atoms with Crippen LogP contribution in [-0.4, -0.2) is 27.1 Å². The molecule has 0 radical (unpaired) electrons. The summed E-state index contributed by atoms with van der Waals surface area (Å²) in [4.78, 5) is 13.6. The summed E-state index contributed by atoms with van der Waals surface area (Å²) in [6.45, 7) is 3.84. The summed E-state index contributed by atoms with van der Waals surface area (Å²) < 4.78 is 13.0. The van der Waals surface area contributed by atoms with Crippen molar-refractivity contribution in [3.63, 3.8) is 0 Å². The minimum atomic E-state index is -0.295. The van der Waals surface area contributed by atoms with Crippen LogP contribution < -0.4 is 16.0 Å². The maximum atomic E-state index is 13.0. The fraction of sp³-hybridized carbons (Fsp3) is 0.368. The maximum absolute atomic E-state index is 13.0. The third kappa shape index (κ3) is 5.96. The summed E-state index contributed by atoms with van der Waals surface area (Å²) in [7, 11) is 0. The molecule has 1 fully saturated rings. The molecule has 2 aromatic rings. The number of thiocarbonyl (C=S) groups is 1. The van der Waals surface area contributed by atoms with Crippen LogP contribution in [0.1, 0.15) is 37.1 Å². The average molecular weight is 386 g/mol. The fourth-order valence-corrected chi connectivity index (χ4v) is 3.22. The van der Waals surface area contributed by atoms with E-state index in [1.807, 2.05) is 19.9 Å². The number of guanidine groups is 1. The summed E-state index contributed by atoms with van der Waals surface area (Å²) in [6, 6.07) is 8.15. The minimum absolute atomic E-state index is 0.250. The first kappa shape index (κ1) is 19.2. The van der Waals surface area contributed by atoms with Gasteiger partial charge in [0.05, 0.1) is 6.04 Å². The van der Waals surface area contributed by atoms with E-state index in [1.165, 1.54) is 25.0 Å². The van der Waals surface area contributed by atoms with Crippen molar-refractivity contribution in [3.8, 4) is 0 Å². The van der Waals surface area contributed by atoms with Crippen LogP contribution in [0.3, 0.4) is 0 Å². The van der Waals surface area contributed by atoms with Gasteiger partial charge in [-0.25, -0.2) is 19.4 Å². The lowest BCUT2D eigenvalue weighted by molar-refractivity contribution is 0.628. The standard InChI is InChI=1S/C19H23FN6S/c1-12-11-13(2)22-17(21-12)25-18(23-15-5-3-4-6-15)26-19(27)24-16-9-7-14(20)8-10-16/h7-11,15H,3-6H2,1-2H3,(H3,21,22,23,24,25,26,27). The number of anilines is 2. The zero-order valence-corrected chi connectivity index (χ0v) is 16.2. The van der Waals surface area contributed by atoms with E-state index in [9.17, 15) is 4.39 Å². The third-order valence-electron chi connectivity index (χ3n) is 4.18. The molecule has 0 amide bonds. The number of aryl methyl sites for hydroxylation is 2. The first-order valence-corrected chi connectivity index (χ1v) is 9.39. The van der Waals surface area contributed by atoms with Crippen molar-refractivity contribution in [1.82, 2.24) is 15.3 Å². The quantitative estimate of drug-likeness (QED) is 0.422. The lowest BCUT2D eigenvalue weighted by atomic mass is 10.3. The van der Waals surface area contributed by atoms with Gasteiger partial charge >= 0.3 is 0 Å². The number of aromatic nitrogens is 2. The summed E-state index contributed by atoms with van der Waals surface area (Å²) >= 11 is 5.38. The molecule has 0 bridgehead atoms. The Morgan fingerprint density at radius 3 is 2.33 bits per heavy atom. The first-order valence-electron chi connectivity index (χ1n) is 8.98. The summed E-state index contributed by atoms with van der Waals surface area (Å²) in [5.74, 6) is 0.685. The van der Waals surface area contributed by atoms with Crippen molar-refractivity contribution in [3.05, 3.63) is 47.5 Å². The van der Waals surface area contributed by atoms with Crippen molar-refractivity contribution < 1.29 is 4.39 Å². The molecule has 6 nitrogen and oxygen atoms in total. The van der Waals surface area contributed by atoms with Crippen LogP contribution in [0.25, 0.3) is 0 Å². The highest BCUT2D eigenvalue weighted by atomic mass is 32.1. The molecule has 0 saturated heterocycles. The molecule has 3 N–H and O–H groups in total. The van der Waals surface area contributed by atoms with Gasteiger partial charge in [-0.05, 0) is 69.2 Å². The largest absolute Gasteiger partial charge is 0.332 e. The number of hydrogen-bond acceptors (Lipinski definition) is 4. The van der Waals surface area contributed by atoms with Crippen molar-refractivity contribution in [2.45, 2.75) is 45.6 Å². The lowest BCUT2D eigenvalue weighted by Gasteiger charge is -2.16. The van der Waals surface area contributed by atoms with Crippen molar-refractivity contribution in [2.24, 2.45) is 4.99 Å². The molecule has 0 spiro atoms. The molecule has 0 atom stereocenters. The zero-order valence-electron chi connectivity index (χ0n) is 15.4. The molecule has 8 heteroatoms. The monoisotopic (exact) mass is 386 g/mol. The number of aliphatic imine (C=N–C) groups is 1. The van der Waals surface area contributed by atoms with Crippen molar-refractivity contribution >= 4 is 34.9 Å². The Morgan fingerprint density at radius 2 is 1.70 bits per heavy atom. The van der Waals surface area contributed by atoms with Gasteiger partial charge in [0.15, 0.2) is 5.11 Å². The van der Waals surface area contributed by atoms with Crippen LogP contribution in [0.4, 0.5) is 16.0 Å². The van der Waals surface area contributed by atoms with Gasteiger partial charge < -0.3 is 10.6 Å². The van der Waals surface area contributed by atoms with Crippen LogP contribution in [0.5, 0.6) is 0 Å². The molecule has 27 heavy (non-hydrogen) atoms. The molecule has 1 aliphatic carbocycles. The van der Waals surface area contributed by atoms with E-state index in [0.717, 1.165) is 24.2 Å². The Labute approximate surface area is 163 Å². The Balaban J connectivity index is 1.72. The Bertz CT molecular complexity index is 810. The number of hydrogen-bond donors (Lipinski definition) is 3. The topological polar surface area (TPSA) is 74.2 Å². The van der Waals surface area contributed by atoms with Crippen molar-refractivity contribution in [1.29, 1.82) is 0 Å². The molecule has 1 aromatic carbocycles.